The molecule has 1 amide bonds. The first kappa shape index (κ1) is 27.0. The molecule has 196 valence electrons. The smallest absolute Gasteiger partial charge is 0.318 e. The molecule has 0 bridgehead atoms. The van der Waals surface area contributed by atoms with Crippen molar-refractivity contribution in [2.75, 3.05) is 13.7 Å². The Balaban J connectivity index is 1.66. The highest BCUT2D eigenvalue weighted by molar-refractivity contribution is 5.83. The van der Waals surface area contributed by atoms with Crippen molar-refractivity contribution < 1.29 is 33.8 Å². The summed E-state index contributed by atoms with van der Waals surface area (Å²) in [5, 5.41) is 37.2. The molecule has 3 aromatic carbocycles. The van der Waals surface area contributed by atoms with Crippen LogP contribution in [0.2, 0.25) is 0 Å². The van der Waals surface area contributed by atoms with Crippen molar-refractivity contribution in [2.24, 2.45) is 5.10 Å². The molecule has 1 N–H and O–H groups in total. The summed E-state index contributed by atoms with van der Waals surface area (Å²) in [6.45, 7) is 1.16. The molecule has 38 heavy (non-hydrogen) atoms. The van der Waals surface area contributed by atoms with E-state index < -0.39 is 38.7 Å². The van der Waals surface area contributed by atoms with Crippen LogP contribution >= 0.6 is 0 Å². The number of aryl methyl sites for hydroxylation is 1. The van der Waals surface area contributed by atoms with Crippen LogP contribution in [0.25, 0.3) is 0 Å². The fourth-order valence-corrected chi connectivity index (χ4v) is 3.06. The predicted molar refractivity (Wildman–Crippen MR) is 132 cm³/mol. The van der Waals surface area contributed by atoms with Crippen molar-refractivity contribution in [1.29, 1.82) is 0 Å². The third-order valence-electron chi connectivity index (χ3n) is 4.83. The largest absolute Gasteiger partial charge is 0.493 e. The van der Waals surface area contributed by atoms with Crippen LogP contribution in [0, 0.1) is 37.3 Å². The van der Waals surface area contributed by atoms with Gasteiger partial charge in [0.2, 0.25) is 5.75 Å². The van der Waals surface area contributed by atoms with Gasteiger partial charge in [-0.2, -0.15) is 5.10 Å². The molecule has 0 saturated carbocycles. The average Bonchev–Trinajstić information content (AvgIpc) is 2.88. The Morgan fingerprint density at radius 3 is 2.18 bits per heavy atom. The van der Waals surface area contributed by atoms with Crippen LogP contribution in [0.4, 0.5) is 17.1 Å². The molecule has 0 aliphatic rings. The van der Waals surface area contributed by atoms with Crippen LogP contribution in [0.5, 0.6) is 23.0 Å². The number of nitrogens with zero attached hydrogens (tertiary/aromatic N) is 4. The molecule has 0 aliphatic heterocycles. The number of rotatable bonds is 11. The number of hydrazone groups is 1. The molecular weight excluding hydrogens is 506 g/mol. The molecule has 0 spiro atoms. The summed E-state index contributed by atoms with van der Waals surface area (Å²) < 4.78 is 16.0. The number of nitro groups is 3. The maximum absolute atomic E-state index is 12.0. The molecule has 0 saturated heterocycles. The predicted octanol–water partition coefficient (Wildman–Crippen LogP) is 4.05. The molecule has 0 fully saturated rings. The van der Waals surface area contributed by atoms with E-state index in [9.17, 15) is 35.1 Å². The first-order valence-electron chi connectivity index (χ1n) is 10.6. The summed E-state index contributed by atoms with van der Waals surface area (Å²) in [4.78, 5) is 43.2. The highest BCUT2D eigenvalue weighted by Gasteiger charge is 2.22. The third kappa shape index (κ3) is 6.75. The van der Waals surface area contributed by atoms with Crippen molar-refractivity contribution in [3.8, 4) is 23.0 Å². The summed E-state index contributed by atoms with van der Waals surface area (Å²) >= 11 is 0. The number of ether oxygens (including phenoxy) is 3. The minimum atomic E-state index is -0.806. The fraction of sp³-hybridized carbons (Fsp3) is 0.130. The maximum atomic E-state index is 12.0. The van der Waals surface area contributed by atoms with E-state index in [1.807, 2.05) is 0 Å². The second-order valence-corrected chi connectivity index (χ2v) is 7.49. The molecule has 15 heteroatoms. The lowest BCUT2D eigenvalue weighted by molar-refractivity contribution is -0.394. The Labute approximate surface area is 213 Å². The van der Waals surface area contributed by atoms with Gasteiger partial charge in [0, 0.05) is 12.1 Å². The summed E-state index contributed by atoms with van der Waals surface area (Å²) in [6, 6.07) is 11.7. The summed E-state index contributed by atoms with van der Waals surface area (Å²) in [5.74, 6) is -0.732. The van der Waals surface area contributed by atoms with Crippen LogP contribution < -0.4 is 19.6 Å². The van der Waals surface area contributed by atoms with Gasteiger partial charge in [-0.3, -0.25) is 35.1 Å². The van der Waals surface area contributed by atoms with Gasteiger partial charge in [-0.05, 0) is 48.4 Å². The Bertz CT molecular complexity index is 1440. The molecule has 3 rings (SSSR count). The van der Waals surface area contributed by atoms with E-state index in [0.29, 0.717) is 11.1 Å². The Morgan fingerprint density at radius 1 is 0.868 bits per heavy atom. The van der Waals surface area contributed by atoms with Gasteiger partial charge >= 0.3 is 11.4 Å². The SMILES string of the molecule is COc1cc(C=NNC(=O)COc2ccc(C)cc2[N+](=O)[O-])ccc1Oc1ccc([N+](=O)[O-])cc1[N+](=O)[O-]. The van der Waals surface area contributed by atoms with Gasteiger partial charge in [0.05, 0.1) is 34.2 Å². The number of hydrogen-bond donors (Lipinski definition) is 1. The van der Waals surface area contributed by atoms with Crippen LogP contribution in [0.15, 0.2) is 59.7 Å². The molecule has 0 unspecified atom stereocenters. The molecule has 0 heterocycles. The van der Waals surface area contributed by atoms with Gasteiger partial charge < -0.3 is 14.2 Å². The van der Waals surface area contributed by atoms with E-state index >= 15 is 0 Å². The number of nitro benzene ring substituents is 3. The second kappa shape index (κ2) is 11.9. The third-order valence-corrected chi connectivity index (χ3v) is 4.83. The van der Waals surface area contributed by atoms with Crippen molar-refractivity contribution >= 4 is 29.2 Å². The minimum absolute atomic E-state index is 0.0617. The number of nitrogens with one attached hydrogen (secondary N) is 1. The van der Waals surface area contributed by atoms with Gasteiger partial charge in [-0.25, -0.2) is 5.43 Å². The minimum Gasteiger partial charge on any atom is -0.493 e. The molecule has 0 aromatic heterocycles. The summed E-state index contributed by atoms with van der Waals surface area (Å²) in [7, 11) is 1.33. The maximum Gasteiger partial charge on any atom is 0.318 e. The lowest BCUT2D eigenvalue weighted by Crippen LogP contribution is -2.24. The molecule has 3 aromatic rings. The number of carbonyl (C=O) groups excluding carboxylic acids is 1. The second-order valence-electron chi connectivity index (χ2n) is 7.49. The number of hydrogen-bond acceptors (Lipinski definition) is 11. The van der Waals surface area contributed by atoms with Gasteiger partial charge in [-0.1, -0.05) is 6.07 Å². The van der Waals surface area contributed by atoms with E-state index in [1.165, 1.54) is 43.7 Å². The van der Waals surface area contributed by atoms with Crippen LogP contribution in [0.3, 0.4) is 0 Å². The average molecular weight is 525 g/mol. The zero-order valence-electron chi connectivity index (χ0n) is 19.9. The quantitative estimate of drug-likeness (QED) is 0.216. The lowest BCUT2D eigenvalue weighted by Gasteiger charge is -2.11. The Kier molecular flexibility index (Phi) is 8.45. The molecular formula is C23H19N5O10. The van der Waals surface area contributed by atoms with Crippen molar-refractivity contribution in [3.63, 3.8) is 0 Å². The van der Waals surface area contributed by atoms with Crippen molar-refractivity contribution in [1.82, 2.24) is 5.43 Å². The van der Waals surface area contributed by atoms with Crippen molar-refractivity contribution in [2.45, 2.75) is 6.92 Å². The Morgan fingerprint density at radius 2 is 1.53 bits per heavy atom. The molecule has 0 atom stereocenters. The van der Waals surface area contributed by atoms with E-state index in [2.05, 4.69) is 10.5 Å². The van der Waals surface area contributed by atoms with Gasteiger partial charge in [0.1, 0.15) is 0 Å². The highest BCUT2D eigenvalue weighted by atomic mass is 16.6. The van der Waals surface area contributed by atoms with Crippen LogP contribution in [-0.2, 0) is 4.79 Å². The van der Waals surface area contributed by atoms with Gasteiger partial charge in [-0.15, -0.1) is 0 Å². The van der Waals surface area contributed by atoms with E-state index in [1.54, 1.807) is 13.0 Å². The number of benzene rings is 3. The zero-order chi connectivity index (χ0) is 27.8. The topological polar surface area (TPSA) is 199 Å². The number of non-ortho nitro benzene ring substituents is 1. The van der Waals surface area contributed by atoms with E-state index in [4.69, 9.17) is 14.2 Å². The lowest BCUT2D eigenvalue weighted by atomic mass is 10.2. The summed E-state index contributed by atoms with van der Waals surface area (Å²) in [5.41, 5.74) is 1.99. The highest BCUT2D eigenvalue weighted by Crippen LogP contribution is 2.38. The van der Waals surface area contributed by atoms with Crippen LogP contribution in [-0.4, -0.2) is 40.6 Å². The Hall–Kier alpha value is -5.60. The first-order chi connectivity index (χ1) is 18.1. The van der Waals surface area contributed by atoms with Gasteiger partial charge in [0.25, 0.3) is 11.6 Å². The molecule has 0 radical (unpaired) electrons. The zero-order valence-corrected chi connectivity index (χ0v) is 19.9. The fourth-order valence-electron chi connectivity index (χ4n) is 3.06. The number of amides is 1. The number of carbonyl (C=O) groups is 1. The molecule has 0 aliphatic carbocycles. The van der Waals surface area contributed by atoms with E-state index in [-0.39, 0.29) is 28.7 Å². The normalized spacial score (nSPS) is 10.6. The monoisotopic (exact) mass is 525 g/mol. The number of methoxy groups -OCH3 is 1. The summed E-state index contributed by atoms with van der Waals surface area (Å²) in [6.07, 6.45) is 1.27. The first-order valence-corrected chi connectivity index (χ1v) is 10.6. The molecule has 15 nitrogen and oxygen atoms in total. The standard InChI is InChI=1S/C23H19N5O10/c1-14-3-6-19(17(9-14)27(32)33)37-13-23(29)25-24-12-15-4-7-21(22(10-15)36-2)38-20-8-5-16(26(30)31)11-18(20)28(34)35/h3-12H,13H2,1-2H3,(H,25,29). The van der Waals surface area contributed by atoms with Crippen LogP contribution in [0.1, 0.15) is 11.1 Å². The van der Waals surface area contributed by atoms with Gasteiger partial charge in [0.15, 0.2) is 23.9 Å². The van der Waals surface area contributed by atoms with Crippen molar-refractivity contribution in [3.05, 3.63) is 96.1 Å². The van der Waals surface area contributed by atoms with E-state index in [0.717, 1.165) is 18.2 Å².